The zero-order valence-electron chi connectivity index (χ0n) is 13.6. The number of carbonyl (C=O) groups is 1. The van der Waals surface area contributed by atoms with Crippen LogP contribution in [-0.2, 0) is 11.2 Å². The zero-order chi connectivity index (χ0) is 15.9. The van der Waals surface area contributed by atoms with Crippen molar-refractivity contribution in [3.63, 3.8) is 0 Å². The molecule has 1 unspecified atom stereocenters. The van der Waals surface area contributed by atoms with Crippen molar-refractivity contribution < 1.29 is 9.53 Å². The Morgan fingerprint density at radius 2 is 1.86 bits per heavy atom. The van der Waals surface area contributed by atoms with Gasteiger partial charge in [-0.05, 0) is 31.0 Å². The number of ether oxygens (including phenoxy) is 1. The van der Waals surface area contributed by atoms with E-state index in [1.807, 2.05) is 36.1 Å². The molecular weight excluding hydrogens is 278 g/mol. The number of nitrogens with two attached hydrogens (primary N) is 1. The van der Waals surface area contributed by atoms with Crippen LogP contribution in [0.25, 0.3) is 0 Å². The molecule has 0 spiro atoms. The topological polar surface area (TPSA) is 58.8 Å². The summed E-state index contributed by atoms with van der Waals surface area (Å²) in [6.07, 6.45) is 0.551. The van der Waals surface area contributed by atoms with Crippen LogP contribution in [0, 0.1) is 0 Å². The summed E-state index contributed by atoms with van der Waals surface area (Å²) in [5.41, 5.74) is 6.83. The molecule has 0 aromatic heterocycles. The van der Waals surface area contributed by atoms with Gasteiger partial charge in [0.15, 0.2) is 6.10 Å². The van der Waals surface area contributed by atoms with Crippen LogP contribution < -0.4 is 10.5 Å². The molecule has 0 aliphatic carbocycles. The lowest BCUT2D eigenvalue weighted by molar-refractivity contribution is -0.139. The van der Waals surface area contributed by atoms with Gasteiger partial charge in [-0.1, -0.05) is 19.1 Å². The maximum atomic E-state index is 12.4. The molecule has 0 saturated carbocycles. The number of carbonyl (C=O) groups excluding carboxylic acids is 1. The number of benzene rings is 1. The number of aryl methyl sites for hydroxylation is 1. The fourth-order valence-electron chi connectivity index (χ4n) is 2.69. The molecule has 22 heavy (non-hydrogen) atoms. The van der Waals surface area contributed by atoms with Gasteiger partial charge < -0.3 is 15.4 Å². The molecule has 1 atom stereocenters. The molecule has 122 valence electrons. The van der Waals surface area contributed by atoms with E-state index in [9.17, 15) is 4.79 Å². The lowest BCUT2D eigenvalue weighted by Gasteiger charge is -2.35. The van der Waals surface area contributed by atoms with Crippen LogP contribution in [-0.4, -0.2) is 61.1 Å². The minimum atomic E-state index is -0.450. The number of amides is 1. The Morgan fingerprint density at radius 1 is 1.23 bits per heavy atom. The van der Waals surface area contributed by atoms with Gasteiger partial charge in [0.05, 0.1) is 0 Å². The summed E-state index contributed by atoms with van der Waals surface area (Å²) >= 11 is 0. The lowest BCUT2D eigenvalue weighted by Crippen LogP contribution is -2.52. The zero-order valence-corrected chi connectivity index (χ0v) is 13.6. The molecular formula is C17H27N3O2. The fourth-order valence-corrected chi connectivity index (χ4v) is 2.69. The molecule has 1 saturated heterocycles. The van der Waals surface area contributed by atoms with Crippen LogP contribution in [0.3, 0.4) is 0 Å². The standard InChI is InChI=1S/C17H27N3O2/c1-3-15-4-6-16(7-5-15)22-14(2)17(21)20-12-10-19(9-8-18)11-13-20/h4-7,14H,3,8-13,18H2,1-2H3. The molecule has 1 aromatic carbocycles. The molecule has 2 N–H and O–H groups in total. The van der Waals surface area contributed by atoms with E-state index >= 15 is 0 Å². The van der Waals surface area contributed by atoms with E-state index in [1.54, 1.807) is 0 Å². The molecule has 5 heteroatoms. The smallest absolute Gasteiger partial charge is 0.263 e. The van der Waals surface area contributed by atoms with Crippen molar-refractivity contribution in [2.45, 2.75) is 26.4 Å². The maximum absolute atomic E-state index is 12.4. The highest BCUT2D eigenvalue weighted by Crippen LogP contribution is 2.15. The van der Waals surface area contributed by atoms with Crippen LogP contribution in [0.1, 0.15) is 19.4 Å². The SMILES string of the molecule is CCc1ccc(OC(C)C(=O)N2CCN(CCN)CC2)cc1. The van der Waals surface area contributed by atoms with Gasteiger partial charge in [-0.2, -0.15) is 0 Å². The number of nitrogens with zero attached hydrogens (tertiary/aromatic N) is 2. The number of hydrogen-bond acceptors (Lipinski definition) is 4. The molecule has 0 radical (unpaired) electrons. The van der Waals surface area contributed by atoms with Gasteiger partial charge in [0.1, 0.15) is 5.75 Å². The molecule has 1 heterocycles. The first kappa shape index (κ1) is 16.8. The van der Waals surface area contributed by atoms with Gasteiger partial charge in [0.2, 0.25) is 0 Å². The van der Waals surface area contributed by atoms with Gasteiger partial charge in [0, 0.05) is 39.3 Å². The minimum absolute atomic E-state index is 0.0620. The third kappa shape index (κ3) is 4.45. The van der Waals surface area contributed by atoms with Gasteiger partial charge in [-0.15, -0.1) is 0 Å². The van der Waals surface area contributed by atoms with Crippen LogP contribution in [0.5, 0.6) is 5.75 Å². The number of rotatable bonds is 6. The predicted octanol–water partition coefficient (Wildman–Crippen LogP) is 1.12. The van der Waals surface area contributed by atoms with Crippen LogP contribution >= 0.6 is 0 Å². The largest absolute Gasteiger partial charge is 0.481 e. The van der Waals surface area contributed by atoms with Crippen LogP contribution in [0.2, 0.25) is 0 Å². The van der Waals surface area contributed by atoms with E-state index in [2.05, 4.69) is 11.8 Å². The van der Waals surface area contributed by atoms with Crippen LogP contribution in [0.4, 0.5) is 0 Å². The average molecular weight is 305 g/mol. The Kier molecular flexibility index (Phi) is 6.21. The van der Waals surface area contributed by atoms with E-state index in [0.29, 0.717) is 6.54 Å². The molecule has 5 nitrogen and oxygen atoms in total. The molecule has 1 aliphatic heterocycles. The van der Waals surface area contributed by atoms with Crippen molar-refractivity contribution in [1.29, 1.82) is 0 Å². The van der Waals surface area contributed by atoms with Crippen molar-refractivity contribution in [1.82, 2.24) is 9.80 Å². The van der Waals surface area contributed by atoms with E-state index in [0.717, 1.165) is 44.9 Å². The molecule has 1 fully saturated rings. The van der Waals surface area contributed by atoms with Gasteiger partial charge in [0.25, 0.3) is 5.91 Å². The summed E-state index contributed by atoms with van der Waals surface area (Å²) < 4.78 is 5.78. The Morgan fingerprint density at radius 3 is 2.41 bits per heavy atom. The van der Waals surface area contributed by atoms with E-state index in [-0.39, 0.29) is 5.91 Å². The highest BCUT2D eigenvalue weighted by Gasteiger charge is 2.25. The first-order valence-corrected chi connectivity index (χ1v) is 8.10. The summed E-state index contributed by atoms with van der Waals surface area (Å²) in [5.74, 6) is 0.812. The number of hydrogen-bond donors (Lipinski definition) is 1. The first-order chi connectivity index (χ1) is 10.6. The van der Waals surface area contributed by atoms with Crippen molar-refractivity contribution >= 4 is 5.91 Å². The second-order valence-corrected chi connectivity index (χ2v) is 5.71. The molecule has 1 aliphatic rings. The lowest BCUT2D eigenvalue weighted by atomic mass is 10.2. The molecule has 0 bridgehead atoms. The highest BCUT2D eigenvalue weighted by atomic mass is 16.5. The van der Waals surface area contributed by atoms with E-state index < -0.39 is 6.10 Å². The second kappa shape index (κ2) is 8.15. The Bertz CT molecular complexity index is 467. The summed E-state index contributed by atoms with van der Waals surface area (Å²) in [7, 11) is 0. The maximum Gasteiger partial charge on any atom is 0.263 e. The monoisotopic (exact) mass is 305 g/mol. The molecule has 1 aromatic rings. The summed E-state index contributed by atoms with van der Waals surface area (Å²) in [4.78, 5) is 16.6. The van der Waals surface area contributed by atoms with Crippen molar-refractivity contribution in [2.24, 2.45) is 5.73 Å². The predicted molar refractivity (Wildman–Crippen MR) is 88.0 cm³/mol. The Balaban J connectivity index is 1.84. The third-order valence-corrected chi connectivity index (χ3v) is 4.12. The summed E-state index contributed by atoms with van der Waals surface area (Å²) in [6.45, 7) is 8.79. The van der Waals surface area contributed by atoms with Crippen LogP contribution in [0.15, 0.2) is 24.3 Å². The molecule has 1 amide bonds. The van der Waals surface area contributed by atoms with Crippen molar-refractivity contribution in [3.8, 4) is 5.75 Å². The van der Waals surface area contributed by atoms with Crippen molar-refractivity contribution in [3.05, 3.63) is 29.8 Å². The quantitative estimate of drug-likeness (QED) is 0.855. The normalized spacial score (nSPS) is 17.3. The van der Waals surface area contributed by atoms with Gasteiger partial charge >= 0.3 is 0 Å². The summed E-state index contributed by atoms with van der Waals surface area (Å²) in [6, 6.07) is 7.94. The fraction of sp³-hybridized carbons (Fsp3) is 0.588. The Labute approximate surface area is 133 Å². The van der Waals surface area contributed by atoms with Gasteiger partial charge in [-0.25, -0.2) is 0 Å². The first-order valence-electron chi connectivity index (χ1n) is 8.10. The average Bonchev–Trinajstić information content (AvgIpc) is 2.56. The second-order valence-electron chi connectivity index (χ2n) is 5.71. The summed E-state index contributed by atoms with van der Waals surface area (Å²) in [5, 5.41) is 0. The van der Waals surface area contributed by atoms with Crippen molar-refractivity contribution in [2.75, 3.05) is 39.3 Å². The Hall–Kier alpha value is -1.59. The third-order valence-electron chi connectivity index (χ3n) is 4.12. The van der Waals surface area contributed by atoms with E-state index in [1.165, 1.54) is 5.56 Å². The number of piperazine rings is 1. The van der Waals surface area contributed by atoms with E-state index in [4.69, 9.17) is 10.5 Å². The minimum Gasteiger partial charge on any atom is -0.481 e. The van der Waals surface area contributed by atoms with Gasteiger partial charge in [-0.3, -0.25) is 9.69 Å². The molecule has 2 rings (SSSR count). The highest BCUT2D eigenvalue weighted by molar-refractivity contribution is 5.81.